The highest BCUT2D eigenvalue weighted by atomic mass is 35.5. The Morgan fingerprint density at radius 1 is 1.05 bits per heavy atom. The molecule has 0 aliphatic carbocycles. The van der Waals surface area contributed by atoms with Gasteiger partial charge in [-0.25, -0.2) is 18.6 Å². The lowest BCUT2D eigenvalue weighted by molar-refractivity contribution is -0.0592. The summed E-state index contributed by atoms with van der Waals surface area (Å²) in [7, 11) is 0. The van der Waals surface area contributed by atoms with Gasteiger partial charge in [-0.1, -0.05) is 11.6 Å². The first-order valence-corrected chi connectivity index (χ1v) is 14.3. The third-order valence-electron chi connectivity index (χ3n) is 7.75. The lowest BCUT2D eigenvalue weighted by Crippen LogP contribution is -2.39. The van der Waals surface area contributed by atoms with E-state index in [1.165, 1.54) is 18.2 Å². The second-order valence-corrected chi connectivity index (χ2v) is 11.1. The van der Waals surface area contributed by atoms with Crippen LogP contribution in [0.15, 0.2) is 54.6 Å². The van der Waals surface area contributed by atoms with E-state index in [0.717, 1.165) is 61.9 Å². The summed E-state index contributed by atoms with van der Waals surface area (Å²) in [4.78, 5) is 18.7. The van der Waals surface area contributed by atoms with Crippen LogP contribution in [0, 0.1) is 11.6 Å². The maximum Gasteiger partial charge on any atom is 0.335 e. The fourth-order valence-corrected chi connectivity index (χ4v) is 5.48. The number of halogens is 3. The minimum atomic E-state index is -0.968. The van der Waals surface area contributed by atoms with Gasteiger partial charge in [-0.2, -0.15) is 0 Å². The summed E-state index contributed by atoms with van der Waals surface area (Å²) < 4.78 is 47.9. The molecule has 0 amide bonds. The molecule has 220 valence electrons. The number of likely N-dealkylation sites (tertiary alicyclic amines) is 1. The zero-order valence-electron chi connectivity index (χ0n) is 22.8. The Balaban J connectivity index is 1.08. The summed E-state index contributed by atoms with van der Waals surface area (Å²) in [5, 5.41) is 9.73. The second-order valence-electron chi connectivity index (χ2n) is 10.6. The molecule has 2 saturated heterocycles. The fourth-order valence-electron chi connectivity index (χ4n) is 5.32. The van der Waals surface area contributed by atoms with Crippen molar-refractivity contribution >= 4 is 28.6 Å². The molecule has 3 aromatic carbocycles. The molecule has 2 aliphatic heterocycles. The molecule has 0 radical (unpaired) electrons. The normalized spacial score (nSPS) is 17.7. The van der Waals surface area contributed by atoms with Crippen molar-refractivity contribution in [2.24, 2.45) is 0 Å². The summed E-state index contributed by atoms with van der Waals surface area (Å²) in [5.41, 5.74) is 2.06. The van der Waals surface area contributed by atoms with Crippen molar-refractivity contribution in [3.8, 4) is 11.5 Å². The van der Waals surface area contributed by atoms with Crippen LogP contribution in [0.5, 0.6) is 11.5 Å². The van der Waals surface area contributed by atoms with Crippen LogP contribution in [-0.2, 0) is 24.4 Å². The number of piperidine rings is 1. The van der Waals surface area contributed by atoms with Crippen LogP contribution >= 0.6 is 11.6 Å². The van der Waals surface area contributed by atoms with E-state index in [1.807, 2.05) is 0 Å². The lowest BCUT2D eigenvalue weighted by Gasteiger charge is -2.32. The van der Waals surface area contributed by atoms with Crippen molar-refractivity contribution in [2.75, 3.05) is 19.7 Å². The molecule has 4 aromatic rings. The first-order valence-electron chi connectivity index (χ1n) is 13.9. The average molecular weight is 598 g/mol. The number of aromatic carboxylic acids is 1. The SMILES string of the molecule is O=C(O)c1ccc2nc(CN3CCC(Oc4ccc(F)c(COc5ccc(Cl)cc5F)c4)CC3)n(C[C@@H]3CCO3)c2c1. The number of fused-ring (bicyclic) bond motifs is 1. The Hall–Kier alpha value is -3.73. The summed E-state index contributed by atoms with van der Waals surface area (Å²) in [6.45, 7) is 3.40. The molecule has 11 heteroatoms. The van der Waals surface area contributed by atoms with Gasteiger partial charge in [0.15, 0.2) is 11.6 Å². The largest absolute Gasteiger partial charge is 0.490 e. The molecule has 8 nitrogen and oxygen atoms in total. The Morgan fingerprint density at radius 3 is 2.57 bits per heavy atom. The number of aromatic nitrogens is 2. The van der Waals surface area contributed by atoms with E-state index in [2.05, 4.69) is 9.47 Å². The molecule has 1 atom stereocenters. The van der Waals surface area contributed by atoms with Crippen molar-refractivity contribution in [1.82, 2.24) is 14.5 Å². The zero-order valence-corrected chi connectivity index (χ0v) is 23.5. The average Bonchev–Trinajstić information content (AvgIpc) is 3.28. The van der Waals surface area contributed by atoms with Crippen LogP contribution in [-0.4, -0.2) is 57.4 Å². The molecule has 3 heterocycles. The van der Waals surface area contributed by atoms with E-state index in [1.54, 1.807) is 30.3 Å². The number of hydrogen-bond acceptors (Lipinski definition) is 6. The summed E-state index contributed by atoms with van der Waals surface area (Å²) in [5.74, 6) is -0.640. The molecule has 42 heavy (non-hydrogen) atoms. The molecule has 1 aromatic heterocycles. The molecule has 1 N–H and O–H groups in total. The third kappa shape index (κ3) is 6.35. The molecular weight excluding hydrogens is 568 g/mol. The van der Waals surface area contributed by atoms with Crippen molar-refractivity contribution in [1.29, 1.82) is 0 Å². The van der Waals surface area contributed by atoms with Gasteiger partial charge in [-0.05, 0) is 73.9 Å². The van der Waals surface area contributed by atoms with Gasteiger partial charge in [0.2, 0.25) is 0 Å². The Kier molecular flexibility index (Phi) is 8.28. The van der Waals surface area contributed by atoms with Gasteiger partial charge in [0, 0.05) is 30.3 Å². The van der Waals surface area contributed by atoms with Crippen LogP contribution in [0.2, 0.25) is 5.02 Å². The second kappa shape index (κ2) is 12.2. The predicted molar refractivity (Wildman–Crippen MR) is 152 cm³/mol. The van der Waals surface area contributed by atoms with E-state index in [0.29, 0.717) is 18.8 Å². The van der Waals surface area contributed by atoms with Crippen LogP contribution in [0.4, 0.5) is 8.78 Å². The number of imidazole rings is 1. The number of carbonyl (C=O) groups is 1. The number of hydrogen-bond donors (Lipinski definition) is 1. The number of rotatable bonds is 10. The molecule has 2 fully saturated rings. The molecule has 0 spiro atoms. The molecule has 6 rings (SSSR count). The Morgan fingerprint density at radius 2 is 1.86 bits per heavy atom. The number of benzene rings is 3. The number of ether oxygens (including phenoxy) is 3. The highest BCUT2D eigenvalue weighted by molar-refractivity contribution is 6.30. The number of nitrogens with zero attached hydrogens (tertiary/aromatic N) is 3. The van der Waals surface area contributed by atoms with Gasteiger partial charge < -0.3 is 23.9 Å². The van der Waals surface area contributed by atoms with Gasteiger partial charge in [0.05, 0.1) is 35.8 Å². The van der Waals surface area contributed by atoms with Gasteiger partial charge >= 0.3 is 5.97 Å². The minimum absolute atomic E-state index is 0.00596. The quantitative estimate of drug-likeness (QED) is 0.237. The molecular formula is C31H30ClF2N3O5. The standard InChI is InChI=1S/C31H30ClF2N3O5/c32-21-2-6-29(26(34)15-21)41-18-20-13-23(3-4-25(20)33)42-22-7-10-36(11-8-22)17-30-35-27-5-1-19(31(38)39)14-28(27)37(30)16-24-9-12-40-24/h1-6,13-15,22,24H,7-12,16-18H2,(H,38,39)/t24-/m0/s1. The Bertz CT molecular complexity index is 1600. The number of carboxylic acid groups (broad SMARTS) is 1. The van der Waals surface area contributed by atoms with Gasteiger partial charge in [0.25, 0.3) is 0 Å². The zero-order chi connectivity index (χ0) is 29.2. The topological polar surface area (TPSA) is 86.0 Å². The molecule has 0 saturated carbocycles. The smallest absolute Gasteiger partial charge is 0.335 e. The highest BCUT2D eigenvalue weighted by Crippen LogP contribution is 2.27. The van der Waals surface area contributed by atoms with Crippen LogP contribution in [0.25, 0.3) is 11.0 Å². The van der Waals surface area contributed by atoms with Crippen molar-refractivity contribution in [2.45, 2.75) is 51.2 Å². The monoisotopic (exact) mass is 597 g/mol. The van der Waals surface area contributed by atoms with E-state index in [-0.39, 0.29) is 40.7 Å². The summed E-state index contributed by atoms with van der Waals surface area (Å²) >= 11 is 5.78. The summed E-state index contributed by atoms with van der Waals surface area (Å²) in [6.07, 6.45) is 2.57. The maximum atomic E-state index is 14.4. The minimum Gasteiger partial charge on any atom is -0.490 e. The number of carboxylic acids is 1. The van der Waals surface area contributed by atoms with E-state index < -0.39 is 17.6 Å². The molecule has 0 unspecified atom stereocenters. The first kappa shape index (κ1) is 28.4. The van der Waals surface area contributed by atoms with E-state index >= 15 is 0 Å². The maximum absolute atomic E-state index is 14.4. The van der Waals surface area contributed by atoms with Crippen LogP contribution in [0.3, 0.4) is 0 Å². The highest BCUT2D eigenvalue weighted by Gasteiger charge is 2.26. The van der Waals surface area contributed by atoms with Gasteiger partial charge in [-0.15, -0.1) is 0 Å². The van der Waals surface area contributed by atoms with Gasteiger partial charge in [0.1, 0.15) is 30.1 Å². The van der Waals surface area contributed by atoms with Gasteiger partial charge in [-0.3, -0.25) is 4.90 Å². The Labute approximate surface area is 246 Å². The molecule has 2 aliphatic rings. The van der Waals surface area contributed by atoms with Crippen molar-refractivity contribution < 1.29 is 32.9 Å². The molecule has 0 bridgehead atoms. The summed E-state index contributed by atoms with van der Waals surface area (Å²) in [6, 6.07) is 13.6. The van der Waals surface area contributed by atoms with E-state index in [4.69, 9.17) is 30.8 Å². The fraction of sp³-hybridized carbons (Fsp3) is 0.355. The van der Waals surface area contributed by atoms with Crippen LogP contribution in [0.1, 0.15) is 41.0 Å². The van der Waals surface area contributed by atoms with E-state index in [9.17, 15) is 18.7 Å². The van der Waals surface area contributed by atoms with Crippen LogP contribution < -0.4 is 9.47 Å². The van der Waals surface area contributed by atoms with Crippen molar-refractivity contribution in [3.05, 3.63) is 88.2 Å². The van der Waals surface area contributed by atoms with Crippen molar-refractivity contribution in [3.63, 3.8) is 0 Å². The lowest BCUT2D eigenvalue weighted by atomic mass is 10.1. The first-order chi connectivity index (χ1) is 20.3. The third-order valence-corrected chi connectivity index (χ3v) is 7.99. The predicted octanol–water partition coefficient (Wildman–Crippen LogP) is 6.08.